The second-order valence-corrected chi connectivity index (χ2v) is 14.2. The van der Waals surface area contributed by atoms with E-state index in [0.717, 1.165) is 50.4 Å². The van der Waals surface area contributed by atoms with Gasteiger partial charge in [0.25, 0.3) is 0 Å². The molecule has 52 heavy (non-hydrogen) atoms. The molecule has 0 aliphatic carbocycles. The summed E-state index contributed by atoms with van der Waals surface area (Å²) in [5, 5.41) is 12.1. The molecule has 0 atom stereocenters. The zero-order valence-electron chi connectivity index (χ0n) is 27.8. The zero-order chi connectivity index (χ0) is 33.6. The van der Waals surface area contributed by atoms with Gasteiger partial charge in [-0.2, -0.15) is 0 Å². The first-order valence-corrected chi connectivity index (χ1v) is 18.0. The number of hydrogen-bond donors (Lipinski definition) is 0. The number of benzene rings is 9. The third-order valence-corrected chi connectivity index (χ3v) is 11.7. The van der Waals surface area contributed by atoms with Gasteiger partial charge in [0, 0.05) is 54.1 Å². The van der Waals surface area contributed by atoms with Gasteiger partial charge in [-0.25, -0.2) is 0 Å². The van der Waals surface area contributed by atoms with Gasteiger partial charge in [-0.15, -0.1) is 11.3 Å². The van der Waals surface area contributed by atoms with Crippen LogP contribution in [0.15, 0.2) is 168 Å². The van der Waals surface area contributed by atoms with E-state index in [-0.39, 0.29) is 0 Å². The average Bonchev–Trinajstić information content (AvgIpc) is 3.77. The molecule has 0 saturated carbocycles. The molecular weight excluding hydrogens is 888 g/mol. The minimum absolute atomic E-state index is 0. The molecule has 0 aliphatic heterocycles. The molecule has 5 heteroatoms. The van der Waals surface area contributed by atoms with Crippen LogP contribution < -0.4 is 9.80 Å². The van der Waals surface area contributed by atoms with E-state index in [1.807, 2.05) is 23.5 Å². The van der Waals surface area contributed by atoms with Crippen LogP contribution in [0.4, 0.5) is 28.4 Å². The molecule has 0 spiro atoms. The second kappa shape index (κ2) is 11.1. The van der Waals surface area contributed by atoms with Gasteiger partial charge in [0.2, 0.25) is 0 Å². The second-order valence-electron chi connectivity index (χ2n) is 13.2. The summed E-state index contributed by atoms with van der Waals surface area (Å²) in [7, 11) is 4.67. The van der Waals surface area contributed by atoms with E-state index in [4.69, 9.17) is 4.42 Å². The fourth-order valence-electron chi connectivity index (χ4n) is 8.17. The summed E-state index contributed by atoms with van der Waals surface area (Å²) in [4.78, 5) is 4.48. The molecule has 3 nitrogen and oxygen atoms in total. The Labute approximate surface area is 298 Å². The Morgan fingerprint density at radius 1 is 0.442 bits per heavy atom. The molecule has 2 aromatic heterocycles. The molecule has 0 aliphatic rings. The molecule has 249 valence electrons. The summed E-state index contributed by atoms with van der Waals surface area (Å²) < 4.78 is 9.15. The smallest absolute Gasteiger partial charge is 0.159 e. The van der Waals surface area contributed by atoms with Crippen molar-refractivity contribution in [3.8, 4) is 0 Å². The molecule has 11 aromatic rings. The zero-order valence-corrected chi connectivity index (χ0v) is 31.4. The predicted molar refractivity (Wildman–Crippen MR) is 219 cm³/mol. The monoisotopic (exact) mass is 916 g/mol. The van der Waals surface area contributed by atoms with Crippen LogP contribution in [0.1, 0.15) is 0 Å². The predicted octanol–water partition coefficient (Wildman–Crippen LogP) is 14.3. The van der Waals surface area contributed by atoms with Crippen molar-refractivity contribution in [2.75, 3.05) is 9.80 Å². The molecule has 2 heterocycles. The number of nitrogens with zero attached hydrogens (tertiary/aromatic N) is 2. The molecule has 0 unspecified atom stereocenters. The number of fused-ring (bicyclic) bond motifs is 6. The Morgan fingerprint density at radius 3 is 1.83 bits per heavy atom. The molecular formula is C47H29BkN2OS-. The van der Waals surface area contributed by atoms with Gasteiger partial charge in [0.1, 0.15) is 5.58 Å². The first-order valence-electron chi connectivity index (χ1n) is 17.2. The Bertz CT molecular complexity index is 3130. The fourth-order valence-corrected chi connectivity index (χ4v) is 9.39. The first-order chi connectivity index (χ1) is 25.2. The number of furan rings is 1. The first kappa shape index (κ1) is 29.5. The molecule has 1 radical (unpaired) electrons. The molecule has 0 saturated heterocycles. The molecule has 0 N–H and O–H groups in total. The van der Waals surface area contributed by atoms with Gasteiger partial charge in [-0.1, -0.05) is 115 Å². The quantitative estimate of drug-likeness (QED) is 0.127. The number of hydrogen-bond acceptors (Lipinski definition) is 4. The van der Waals surface area contributed by atoms with Crippen molar-refractivity contribution in [2.24, 2.45) is 0 Å². The maximum Gasteiger partial charge on any atom is 0.159 e. The summed E-state index contributed by atoms with van der Waals surface area (Å²) in [5.41, 5.74) is 7.13. The van der Waals surface area contributed by atoms with Gasteiger partial charge in [-0.05, 0) is 70.1 Å². The third kappa shape index (κ3) is 4.08. The summed E-state index contributed by atoms with van der Waals surface area (Å²) in [5.74, 6) is 0. The summed E-state index contributed by atoms with van der Waals surface area (Å²) in [6, 6.07) is 58.7. The van der Waals surface area contributed by atoms with Crippen LogP contribution in [0.3, 0.4) is 0 Å². The summed E-state index contributed by atoms with van der Waals surface area (Å²) in [6.45, 7) is 0. The van der Waals surface area contributed by atoms with E-state index >= 15 is 0 Å². The normalized spacial score (nSPS) is 11.8. The van der Waals surface area contributed by atoms with E-state index in [1.54, 1.807) is 0 Å². The van der Waals surface area contributed by atoms with Crippen molar-refractivity contribution < 1.29 is 4.42 Å². The fraction of sp³-hybridized carbons (Fsp3) is 0. The Kier molecular flexibility index (Phi) is 6.29. The van der Waals surface area contributed by atoms with Crippen molar-refractivity contribution in [1.29, 1.82) is 0 Å². The summed E-state index contributed by atoms with van der Waals surface area (Å²) >= 11 is 1.83. The topological polar surface area (TPSA) is 19.6 Å². The van der Waals surface area contributed by atoms with Crippen LogP contribution in [-0.2, 0) is 0 Å². The van der Waals surface area contributed by atoms with Crippen LogP contribution in [0, 0.1) is 7.05 Å². The van der Waals surface area contributed by atoms with Crippen LogP contribution in [0.5, 0.6) is 0 Å². The standard InChI is InChI=1S/C47H29N2OS.Bk/c1-48(41-18-10-16-35-33-14-6-8-20-43(33)51-47(35)41)38-27-23-29-22-26-37-39(28-24-30-21-25-36(38)44(29)45(30)37)49(31-11-3-2-4-12-31)40-17-9-15-34-32-13-5-7-19-42(32)50-46(34)40;/h2-28H,1H2;/q-1;. The van der Waals surface area contributed by atoms with Crippen molar-refractivity contribution in [3.05, 3.63) is 171 Å². The SMILES string of the molecule is [Bk].[CH2-]N(c1ccc2ccc3c(N(c4ccccc4)c4cccc5c4oc4ccccc45)ccc4ccc1c2c43)c1cccc2c1sc1ccccc12. The van der Waals surface area contributed by atoms with Gasteiger partial charge in [0.05, 0.1) is 16.1 Å². The minimum atomic E-state index is 0. The largest absolute Gasteiger partial charge is 0.495 e. The Balaban J connectivity index is 0.00000338. The van der Waals surface area contributed by atoms with Gasteiger partial charge in [0.15, 0.2) is 5.58 Å². The van der Waals surface area contributed by atoms with Crippen molar-refractivity contribution in [3.63, 3.8) is 0 Å². The number of thiophene rings is 1. The van der Waals surface area contributed by atoms with Gasteiger partial charge in [-0.3, -0.25) is 7.05 Å². The van der Waals surface area contributed by atoms with Crippen LogP contribution in [0.2, 0.25) is 0 Å². The van der Waals surface area contributed by atoms with Crippen molar-refractivity contribution >= 4 is 114 Å². The van der Waals surface area contributed by atoms with Gasteiger partial charge < -0.3 is 14.2 Å². The van der Waals surface area contributed by atoms with E-state index in [0.29, 0.717) is 0 Å². The molecule has 0 bridgehead atoms. The van der Waals surface area contributed by atoms with E-state index in [2.05, 4.69) is 169 Å². The molecule has 9 aromatic carbocycles. The summed E-state index contributed by atoms with van der Waals surface area (Å²) in [6.07, 6.45) is 0. The third-order valence-electron chi connectivity index (χ3n) is 10.5. The van der Waals surface area contributed by atoms with E-state index in [9.17, 15) is 0 Å². The number of anilines is 5. The van der Waals surface area contributed by atoms with Gasteiger partial charge >= 0.3 is 0 Å². The molecule has 0 fully saturated rings. The van der Waals surface area contributed by atoms with Crippen LogP contribution in [0.25, 0.3) is 74.4 Å². The van der Waals surface area contributed by atoms with Crippen LogP contribution >= 0.6 is 11.3 Å². The Hall–Kier alpha value is -7.36. The minimum Gasteiger partial charge on any atom is -0.495 e. The maximum absolute atomic E-state index is 6.61. The average molecular weight is 917 g/mol. The number of para-hydroxylation sites is 3. The van der Waals surface area contributed by atoms with E-state index < -0.39 is 0 Å². The number of rotatable bonds is 5. The molecule has 0 amide bonds. The van der Waals surface area contributed by atoms with Crippen molar-refractivity contribution in [2.45, 2.75) is 0 Å². The van der Waals surface area contributed by atoms with Crippen molar-refractivity contribution in [1.82, 2.24) is 0 Å². The molecule has 11 rings (SSSR count). The maximum atomic E-state index is 6.61. The van der Waals surface area contributed by atoms with Crippen LogP contribution in [-0.4, -0.2) is 0 Å². The Morgan fingerprint density at radius 2 is 1.04 bits per heavy atom. The van der Waals surface area contributed by atoms with E-state index in [1.165, 1.54) is 52.5 Å².